The number of aliphatic hydroxyl groups is 1. The number of carbonyl (C=O) groups excluding carboxylic acids is 1. The van der Waals surface area contributed by atoms with Gasteiger partial charge in [0.05, 0.1) is 13.2 Å². The second-order valence-electron chi connectivity index (χ2n) is 5.94. The molecule has 24 heavy (non-hydrogen) atoms. The number of benzene rings is 2. The predicted molar refractivity (Wildman–Crippen MR) is 93.6 cm³/mol. The summed E-state index contributed by atoms with van der Waals surface area (Å²) in [6, 6.07) is 17.8. The van der Waals surface area contributed by atoms with Crippen molar-refractivity contribution in [3.8, 4) is 5.75 Å². The fraction of sp³-hybridized carbons (Fsp3) is 0.316. The topological polar surface area (TPSA) is 84.6 Å². The number of nitrogens with one attached hydrogen (secondary N) is 1. The zero-order chi connectivity index (χ0) is 17.4. The van der Waals surface area contributed by atoms with E-state index in [1.807, 2.05) is 42.5 Å². The number of ether oxygens (including phenoxy) is 1. The highest BCUT2D eigenvalue weighted by atomic mass is 16.5. The predicted octanol–water partition coefficient (Wildman–Crippen LogP) is 1.63. The molecule has 0 aliphatic rings. The fourth-order valence-corrected chi connectivity index (χ4v) is 2.15. The van der Waals surface area contributed by atoms with Crippen LogP contribution in [0.15, 0.2) is 54.6 Å². The summed E-state index contributed by atoms with van der Waals surface area (Å²) < 4.78 is 5.74. The van der Waals surface area contributed by atoms with Gasteiger partial charge in [-0.15, -0.1) is 0 Å². The summed E-state index contributed by atoms with van der Waals surface area (Å²) in [5, 5.41) is 12.3. The molecule has 2 aromatic rings. The first-order chi connectivity index (χ1) is 11.5. The molecule has 0 saturated heterocycles. The molecule has 0 heterocycles. The summed E-state index contributed by atoms with van der Waals surface area (Å²) in [7, 11) is 0. The van der Waals surface area contributed by atoms with Gasteiger partial charge in [-0.05, 0) is 30.2 Å². The third-order valence-electron chi connectivity index (χ3n) is 3.97. The van der Waals surface area contributed by atoms with Crippen LogP contribution in [0.5, 0.6) is 5.75 Å². The van der Waals surface area contributed by atoms with Gasteiger partial charge in [-0.25, -0.2) is 0 Å². The van der Waals surface area contributed by atoms with Crippen molar-refractivity contribution in [3.05, 3.63) is 65.7 Å². The third-order valence-corrected chi connectivity index (χ3v) is 3.97. The Kier molecular flexibility index (Phi) is 6.35. The Morgan fingerprint density at radius 1 is 1.12 bits per heavy atom. The molecule has 5 nitrogen and oxygen atoms in total. The van der Waals surface area contributed by atoms with Crippen molar-refractivity contribution in [1.82, 2.24) is 5.32 Å². The molecule has 0 bridgehead atoms. The zero-order valence-corrected chi connectivity index (χ0v) is 13.9. The highest BCUT2D eigenvalue weighted by Gasteiger charge is 2.29. The van der Waals surface area contributed by atoms with Crippen LogP contribution < -0.4 is 15.8 Å². The smallest absolute Gasteiger partial charge is 0.239 e. The van der Waals surface area contributed by atoms with Crippen LogP contribution in [0.1, 0.15) is 18.1 Å². The van der Waals surface area contributed by atoms with Crippen molar-refractivity contribution >= 4 is 5.91 Å². The van der Waals surface area contributed by atoms with Crippen LogP contribution in [-0.2, 0) is 17.8 Å². The average molecular weight is 328 g/mol. The van der Waals surface area contributed by atoms with E-state index in [1.165, 1.54) is 5.56 Å². The minimum atomic E-state index is -1.12. The van der Waals surface area contributed by atoms with Crippen molar-refractivity contribution < 1.29 is 14.6 Å². The molecule has 1 amide bonds. The van der Waals surface area contributed by atoms with Gasteiger partial charge in [0.25, 0.3) is 0 Å². The summed E-state index contributed by atoms with van der Waals surface area (Å²) in [6.45, 7) is 2.29. The highest BCUT2D eigenvalue weighted by Crippen LogP contribution is 2.14. The second-order valence-corrected chi connectivity index (χ2v) is 5.94. The quantitative estimate of drug-likeness (QED) is 0.653. The lowest BCUT2D eigenvalue weighted by Gasteiger charge is -2.25. The van der Waals surface area contributed by atoms with E-state index in [0.717, 1.165) is 17.7 Å². The van der Waals surface area contributed by atoms with Crippen LogP contribution in [0.25, 0.3) is 0 Å². The van der Waals surface area contributed by atoms with Gasteiger partial charge in [-0.2, -0.15) is 0 Å². The molecular weight excluding hydrogens is 304 g/mol. The molecule has 1 atom stereocenters. The van der Waals surface area contributed by atoms with Crippen molar-refractivity contribution in [3.63, 3.8) is 0 Å². The molecular formula is C19H24N2O3. The van der Waals surface area contributed by atoms with Crippen LogP contribution in [0.4, 0.5) is 0 Å². The van der Waals surface area contributed by atoms with E-state index in [1.54, 1.807) is 6.92 Å². The number of carbonyl (C=O) groups is 1. The summed E-state index contributed by atoms with van der Waals surface area (Å²) in [5.74, 6) is 0.223. The maximum Gasteiger partial charge on any atom is 0.239 e. The molecule has 1 unspecified atom stereocenters. The maximum atomic E-state index is 11.3. The lowest BCUT2D eigenvalue weighted by Crippen LogP contribution is -2.55. The number of hydrogen-bond acceptors (Lipinski definition) is 4. The fourth-order valence-electron chi connectivity index (χ4n) is 2.15. The van der Waals surface area contributed by atoms with Gasteiger partial charge in [0.1, 0.15) is 11.3 Å². The lowest BCUT2D eigenvalue weighted by atomic mass is 10.0. The number of primary amides is 1. The van der Waals surface area contributed by atoms with Crippen LogP contribution >= 0.6 is 0 Å². The number of hydrogen-bond donors (Lipinski definition) is 3. The standard InChI is InChI=1S/C19H24N2O3/c1-19(14-22,18(20)23)21-13-16-7-9-17(10-8-16)24-12-11-15-5-3-2-4-6-15/h2-10,21-22H,11-14H2,1H3,(H2,20,23). The maximum absolute atomic E-state index is 11.3. The van der Waals surface area contributed by atoms with Gasteiger partial charge in [-0.3, -0.25) is 10.1 Å². The monoisotopic (exact) mass is 328 g/mol. The Balaban J connectivity index is 1.81. The van der Waals surface area contributed by atoms with Gasteiger partial charge < -0.3 is 15.6 Å². The van der Waals surface area contributed by atoms with Crippen LogP contribution in [-0.4, -0.2) is 29.8 Å². The molecule has 0 aliphatic carbocycles. The Labute approximate surface area is 142 Å². The second kappa shape index (κ2) is 8.47. The average Bonchev–Trinajstić information content (AvgIpc) is 2.61. The Bertz CT molecular complexity index is 643. The van der Waals surface area contributed by atoms with Crippen molar-refractivity contribution in [2.75, 3.05) is 13.2 Å². The van der Waals surface area contributed by atoms with Gasteiger partial charge in [0.2, 0.25) is 5.91 Å². The van der Waals surface area contributed by atoms with Crippen molar-refractivity contribution in [2.45, 2.75) is 25.4 Å². The van der Waals surface area contributed by atoms with Crippen LogP contribution in [0, 0.1) is 0 Å². The molecule has 128 valence electrons. The number of rotatable bonds is 9. The summed E-state index contributed by atoms with van der Waals surface area (Å²) >= 11 is 0. The van der Waals surface area contributed by atoms with E-state index < -0.39 is 11.4 Å². The van der Waals surface area contributed by atoms with E-state index in [-0.39, 0.29) is 6.61 Å². The Morgan fingerprint density at radius 2 is 1.79 bits per heavy atom. The van der Waals surface area contributed by atoms with E-state index >= 15 is 0 Å². The molecule has 0 radical (unpaired) electrons. The normalized spacial score (nSPS) is 13.2. The molecule has 0 aromatic heterocycles. The van der Waals surface area contributed by atoms with E-state index in [9.17, 15) is 9.90 Å². The number of amides is 1. The third kappa shape index (κ3) is 5.08. The first kappa shape index (κ1) is 18.0. The van der Waals surface area contributed by atoms with E-state index in [4.69, 9.17) is 10.5 Å². The largest absolute Gasteiger partial charge is 0.493 e. The van der Waals surface area contributed by atoms with E-state index in [0.29, 0.717) is 13.2 Å². The van der Waals surface area contributed by atoms with Crippen molar-refractivity contribution in [2.24, 2.45) is 5.73 Å². The highest BCUT2D eigenvalue weighted by molar-refractivity contribution is 5.84. The molecule has 4 N–H and O–H groups in total. The first-order valence-electron chi connectivity index (χ1n) is 7.95. The minimum absolute atomic E-state index is 0.344. The van der Waals surface area contributed by atoms with E-state index in [2.05, 4.69) is 17.4 Å². The molecule has 5 heteroatoms. The van der Waals surface area contributed by atoms with Gasteiger partial charge in [0.15, 0.2) is 0 Å². The Morgan fingerprint density at radius 3 is 2.38 bits per heavy atom. The molecule has 0 fully saturated rings. The minimum Gasteiger partial charge on any atom is -0.493 e. The Hall–Kier alpha value is -2.37. The van der Waals surface area contributed by atoms with Crippen LogP contribution in [0.2, 0.25) is 0 Å². The summed E-state index contributed by atoms with van der Waals surface area (Å²) in [5.41, 5.74) is 6.39. The van der Waals surface area contributed by atoms with Crippen LogP contribution in [0.3, 0.4) is 0 Å². The molecule has 2 rings (SSSR count). The molecule has 0 aliphatic heterocycles. The lowest BCUT2D eigenvalue weighted by molar-refractivity contribution is -0.125. The first-order valence-corrected chi connectivity index (χ1v) is 7.95. The SMILES string of the molecule is CC(CO)(NCc1ccc(OCCc2ccccc2)cc1)C(N)=O. The molecule has 2 aromatic carbocycles. The number of aliphatic hydroxyl groups excluding tert-OH is 1. The molecule has 0 saturated carbocycles. The zero-order valence-electron chi connectivity index (χ0n) is 13.9. The van der Waals surface area contributed by atoms with Gasteiger partial charge in [-0.1, -0.05) is 42.5 Å². The van der Waals surface area contributed by atoms with Gasteiger partial charge >= 0.3 is 0 Å². The van der Waals surface area contributed by atoms with Crippen molar-refractivity contribution in [1.29, 1.82) is 0 Å². The van der Waals surface area contributed by atoms with Gasteiger partial charge in [0, 0.05) is 13.0 Å². The number of nitrogens with two attached hydrogens (primary N) is 1. The molecule has 0 spiro atoms. The summed E-state index contributed by atoms with van der Waals surface area (Å²) in [4.78, 5) is 11.3. The summed E-state index contributed by atoms with van der Waals surface area (Å²) in [6.07, 6.45) is 0.859.